The summed E-state index contributed by atoms with van der Waals surface area (Å²) in [5, 5.41) is 1.44. The van der Waals surface area contributed by atoms with E-state index in [9.17, 15) is 0 Å². The molecule has 0 N–H and O–H groups in total. The van der Waals surface area contributed by atoms with Crippen LogP contribution in [0.1, 0.15) is 35.1 Å². The first-order valence-electron chi connectivity index (χ1n) is 8.15. The van der Waals surface area contributed by atoms with Gasteiger partial charge in [-0.15, -0.1) is 0 Å². The van der Waals surface area contributed by atoms with Gasteiger partial charge in [0.05, 0.1) is 0 Å². The quantitative estimate of drug-likeness (QED) is 0.555. The third kappa shape index (κ3) is 1.49. The van der Waals surface area contributed by atoms with Crippen molar-refractivity contribution in [3.63, 3.8) is 0 Å². The third-order valence-electron chi connectivity index (χ3n) is 5.56. The van der Waals surface area contributed by atoms with E-state index in [0.29, 0.717) is 17.8 Å². The summed E-state index contributed by atoms with van der Waals surface area (Å²) in [6, 6.07) is 19.9. The number of allylic oxidation sites excluding steroid dienone is 2. The minimum absolute atomic E-state index is 0.497. The molecule has 5 rings (SSSR count). The van der Waals surface area contributed by atoms with Crippen LogP contribution in [0.4, 0.5) is 0 Å². The Bertz CT molecular complexity index is 885. The molecule has 0 saturated carbocycles. The first-order chi connectivity index (χ1) is 10.8. The van der Waals surface area contributed by atoms with Gasteiger partial charge in [-0.05, 0) is 29.5 Å². The summed E-state index contributed by atoms with van der Waals surface area (Å²) in [5.41, 5.74) is 5.92. The van der Waals surface area contributed by atoms with Gasteiger partial charge in [0.1, 0.15) is 0 Å². The van der Waals surface area contributed by atoms with Crippen LogP contribution in [0.5, 0.6) is 0 Å². The zero-order valence-corrected chi connectivity index (χ0v) is 12.7. The summed E-state index contributed by atoms with van der Waals surface area (Å²) in [4.78, 5) is 0. The van der Waals surface area contributed by atoms with Crippen molar-refractivity contribution < 1.29 is 0 Å². The maximum absolute atomic E-state index is 2.46. The maximum atomic E-state index is 2.46. The molecule has 2 bridgehead atoms. The van der Waals surface area contributed by atoms with Crippen LogP contribution < -0.4 is 0 Å². The fourth-order valence-electron chi connectivity index (χ4n) is 4.68. The van der Waals surface area contributed by atoms with E-state index in [-0.39, 0.29) is 0 Å². The molecule has 0 amide bonds. The molecule has 0 radical (unpaired) electrons. The van der Waals surface area contributed by atoms with E-state index in [2.05, 4.69) is 78.4 Å². The molecular weight excluding hydrogens is 266 g/mol. The zero-order valence-electron chi connectivity index (χ0n) is 12.7. The molecule has 22 heavy (non-hydrogen) atoms. The van der Waals surface area contributed by atoms with Crippen molar-refractivity contribution in [1.82, 2.24) is 4.57 Å². The average molecular weight is 285 g/mol. The van der Waals surface area contributed by atoms with E-state index in [1.165, 1.54) is 28.6 Å². The lowest BCUT2D eigenvalue weighted by molar-refractivity contribution is 0.486. The number of nitrogens with zero attached hydrogens (tertiary/aromatic N) is 1. The van der Waals surface area contributed by atoms with Gasteiger partial charge in [0.15, 0.2) is 0 Å². The first kappa shape index (κ1) is 12.3. The molecule has 0 fully saturated rings. The zero-order chi connectivity index (χ0) is 14.7. The monoisotopic (exact) mass is 285 g/mol. The first-order valence-corrected chi connectivity index (χ1v) is 8.15. The third-order valence-corrected chi connectivity index (χ3v) is 5.56. The van der Waals surface area contributed by atoms with E-state index in [0.717, 1.165) is 0 Å². The number of hydrogen-bond donors (Lipinski definition) is 0. The van der Waals surface area contributed by atoms with Gasteiger partial charge in [0, 0.05) is 35.5 Å². The predicted octanol–water partition coefficient (Wildman–Crippen LogP) is 4.98. The van der Waals surface area contributed by atoms with Gasteiger partial charge in [-0.1, -0.05) is 60.7 Å². The lowest BCUT2D eigenvalue weighted by atomic mass is 9.73. The average Bonchev–Trinajstić information content (AvgIpc) is 3.11. The number of aryl methyl sites for hydroxylation is 1. The van der Waals surface area contributed by atoms with Crippen molar-refractivity contribution in [1.29, 1.82) is 0 Å². The van der Waals surface area contributed by atoms with Crippen LogP contribution in [0, 0.1) is 5.92 Å². The number of hydrogen-bond acceptors (Lipinski definition) is 0. The number of benzene rings is 2. The molecule has 2 aromatic carbocycles. The SMILES string of the molecule is Cn1c2c(c3ccccc31)C(c1ccccc1)[C@@H]1C=C[C@@H]2C1. The highest BCUT2D eigenvalue weighted by Crippen LogP contribution is 2.53. The Morgan fingerprint density at radius 2 is 1.68 bits per heavy atom. The van der Waals surface area contributed by atoms with Crippen molar-refractivity contribution in [3.05, 3.63) is 83.6 Å². The topological polar surface area (TPSA) is 4.93 Å². The maximum Gasteiger partial charge on any atom is 0.0483 e. The number of aromatic nitrogens is 1. The van der Waals surface area contributed by atoms with Crippen molar-refractivity contribution in [2.45, 2.75) is 18.3 Å². The molecular formula is C21H19N. The fourth-order valence-corrected chi connectivity index (χ4v) is 4.68. The molecule has 0 saturated heterocycles. The molecule has 0 aliphatic heterocycles. The second-order valence-electron chi connectivity index (χ2n) is 6.65. The Labute approximate surface area is 130 Å². The Balaban J connectivity index is 1.87. The number of rotatable bonds is 1. The highest BCUT2D eigenvalue weighted by Gasteiger charge is 2.40. The highest BCUT2D eigenvalue weighted by atomic mass is 15.0. The van der Waals surface area contributed by atoms with Crippen LogP contribution in [0.2, 0.25) is 0 Å². The van der Waals surface area contributed by atoms with E-state index >= 15 is 0 Å². The Hall–Kier alpha value is -2.28. The number of para-hydroxylation sites is 1. The lowest BCUT2D eigenvalue weighted by Gasteiger charge is -2.31. The minimum Gasteiger partial charge on any atom is -0.347 e. The van der Waals surface area contributed by atoms with Gasteiger partial charge < -0.3 is 4.57 Å². The molecule has 3 atom stereocenters. The van der Waals surface area contributed by atoms with Crippen molar-refractivity contribution in [2.24, 2.45) is 13.0 Å². The van der Waals surface area contributed by atoms with Crippen molar-refractivity contribution >= 4 is 10.9 Å². The van der Waals surface area contributed by atoms with Crippen LogP contribution in [-0.2, 0) is 7.05 Å². The van der Waals surface area contributed by atoms with Gasteiger partial charge in [-0.25, -0.2) is 0 Å². The normalized spacial score (nSPS) is 25.6. The molecule has 0 spiro atoms. The molecule has 1 heterocycles. The van der Waals surface area contributed by atoms with E-state index in [1.54, 1.807) is 5.56 Å². The number of fused-ring (bicyclic) bond motifs is 6. The van der Waals surface area contributed by atoms with Gasteiger partial charge in [0.2, 0.25) is 0 Å². The molecule has 1 unspecified atom stereocenters. The summed E-state index contributed by atoms with van der Waals surface area (Å²) in [6.45, 7) is 0. The molecule has 1 heteroatoms. The molecule has 2 aliphatic rings. The van der Waals surface area contributed by atoms with Gasteiger partial charge in [-0.3, -0.25) is 0 Å². The summed E-state index contributed by atoms with van der Waals surface area (Å²) in [6.07, 6.45) is 6.15. The summed E-state index contributed by atoms with van der Waals surface area (Å²) in [5.74, 6) is 1.74. The summed E-state index contributed by atoms with van der Waals surface area (Å²) < 4.78 is 2.43. The highest BCUT2D eigenvalue weighted by molar-refractivity contribution is 5.87. The predicted molar refractivity (Wildman–Crippen MR) is 91.2 cm³/mol. The standard InChI is InChI=1S/C21H19N/c1-22-18-10-6-5-9-17(18)20-19(14-7-3-2-4-8-14)15-11-12-16(13-15)21(20)22/h2-12,15-16,19H,13H2,1H3/t15-,16-,19?/m1/s1. The Kier molecular flexibility index (Phi) is 2.43. The summed E-state index contributed by atoms with van der Waals surface area (Å²) >= 11 is 0. The van der Waals surface area contributed by atoms with Crippen molar-refractivity contribution in [3.8, 4) is 0 Å². The molecule has 1 nitrogen and oxygen atoms in total. The smallest absolute Gasteiger partial charge is 0.0483 e. The van der Waals surface area contributed by atoms with Crippen LogP contribution in [0.25, 0.3) is 10.9 Å². The Morgan fingerprint density at radius 1 is 0.909 bits per heavy atom. The minimum atomic E-state index is 0.497. The van der Waals surface area contributed by atoms with Gasteiger partial charge >= 0.3 is 0 Å². The van der Waals surface area contributed by atoms with E-state index in [1.807, 2.05) is 0 Å². The molecule has 1 aromatic heterocycles. The second-order valence-corrected chi connectivity index (χ2v) is 6.65. The molecule has 108 valence electrons. The molecule has 3 aromatic rings. The Morgan fingerprint density at radius 3 is 2.55 bits per heavy atom. The summed E-state index contributed by atoms with van der Waals surface area (Å²) in [7, 11) is 2.23. The van der Waals surface area contributed by atoms with Crippen LogP contribution in [0.3, 0.4) is 0 Å². The fraction of sp³-hybridized carbons (Fsp3) is 0.238. The van der Waals surface area contributed by atoms with Gasteiger partial charge in [-0.2, -0.15) is 0 Å². The van der Waals surface area contributed by atoms with Crippen LogP contribution in [-0.4, -0.2) is 4.57 Å². The van der Waals surface area contributed by atoms with Crippen LogP contribution >= 0.6 is 0 Å². The largest absolute Gasteiger partial charge is 0.347 e. The van der Waals surface area contributed by atoms with Crippen LogP contribution in [0.15, 0.2) is 66.7 Å². The second kappa shape index (κ2) is 4.36. The molecule has 2 aliphatic carbocycles. The van der Waals surface area contributed by atoms with Gasteiger partial charge in [0.25, 0.3) is 0 Å². The van der Waals surface area contributed by atoms with E-state index < -0.39 is 0 Å². The van der Waals surface area contributed by atoms with E-state index in [4.69, 9.17) is 0 Å². The lowest BCUT2D eigenvalue weighted by Crippen LogP contribution is -2.20. The van der Waals surface area contributed by atoms with Crippen molar-refractivity contribution in [2.75, 3.05) is 0 Å².